The quantitative estimate of drug-likeness (QED) is 0.836. The first kappa shape index (κ1) is 20.9. The third-order valence-electron chi connectivity index (χ3n) is 5.12. The second kappa shape index (κ2) is 8.68. The summed E-state index contributed by atoms with van der Waals surface area (Å²) < 4.78 is 7.64. The number of likely N-dealkylation sites (tertiary alicyclic amines) is 1. The Morgan fingerprint density at radius 1 is 1.14 bits per heavy atom. The summed E-state index contributed by atoms with van der Waals surface area (Å²) in [6.45, 7) is 8.70. The highest BCUT2D eigenvalue weighted by Gasteiger charge is 2.29. The predicted octanol–water partition coefficient (Wildman–Crippen LogP) is 3.50. The summed E-state index contributed by atoms with van der Waals surface area (Å²) in [5.41, 5.74) is -0.472. The molecule has 7 nitrogen and oxygen atoms in total. The van der Waals surface area contributed by atoms with E-state index in [4.69, 9.17) is 4.74 Å². The summed E-state index contributed by atoms with van der Waals surface area (Å²) in [5.74, 6) is 1.35. The van der Waals surface area contributed by atoms with Crippen LogP contribution in [-0.2, 0) is 9.59 Å². The van der Waals surface area contributed by atoms with E-state index in [-0.39, 0.29) is 17.9 Å². The van der Waals surface area contributed by atoms with Gasteiger partial charge in [0.2, 0.25) is 5.91 Å². The summed E-state index contributed by atoms with van der Waals surface area (Å²) in [7, 11) is 0. The van der Waals surface area contributed by atoms with Crippen molar-refractivity contribution >= 4 is 17.6 Å². The van der Waals surface area contributed by atoms with Crippen molar-refractivity contribution in [3.05, 3.63) is 42.6 Å². The zero-order chi connectivity index (χ0) is 21.0. The molecule has 3 rings (SSSR count). The molecular weight excluding hydrogens is 368 g/mol. The Balaban J connectivity index is 1.56. The number of benzene rings is 1. The average Bonchev–Trinajstić information content (AvgIpc) is 3.15. The summed E-state index contributed by atoms with van der Waals surface area (Å²) in [5, 5.41) is 7.38. The van der Waals surface area contributed by atoms with Crippen molar-refractivity contribution in [1.82, 2.24) is 14.7 Å². The maximum Gasteiger partial charge on any atom is 0.263 e. The number of anilines is 1. The maximum atomic E-state index is 12.7. The molecule has 1 aromatic heterocycles. The lowest BCUT2D eigenvalue weighted by molar-refractivity contribution is -0.139. The van der Waals surface area contributed by atoms with Gasteiger partial charge in [-0.25, -0.2) is 4.68 Å². The molecule has 1 aromatic carbocycles. The number of ether oxygens (including phenoxy) is 1. The van der Waals surface area contributed by atoms with Crippen LogP contribution in [0.15, 0.2) is 42.6 Å². The van der Waals surface area contributed by atoms with E-state index in [9.17, 15) is 9.59 Å². The summed E-state index contributed by atoms with van der Waals surface area (Å²) in [6.07, 6.45) is 2.74. The second-order valence-electron chi connectivity index (χ2n) is 8.49. The SMILES string of the molecule is C[C@@H](Oc1ccccc1)C(=O)N1CCC(n2nccc2NC(=O)C(C)(C)C)CC1. The molecule has 1 aliphatic rings. The second-order valence-corrected chi connectivity index (χ2v) is 8.49. The minimum atomic E-state index is -0.528. The van der Waals surface area contributed by atoms with Gasteiger partial charge < -0.3 is 15.0 Å². The standard InChI is InChI=1S/C22H30N4O3/c1-16(29-18-8-6-5-7-9-18)20(27)25-14-11-17(12-15-25)26-19(10-13-23-26)24-21(28)22(2,3)4/h5-10,13,16-17H,11-12,14-15H2,1-4H3,(H,24,28)/t16-/m1/s1. The lowest BCUT2D eigenvalue weighted by Gasteiger charge is -2.34. The van der Waals surface area contributed by atoms with Crippen LogP contribution in [0.1, 0.15) is 46.6 Å². The van der Waals surface area contributed by atoms with Gasteiger partial charge in [-0.15, -0.1) is 0 Å². The molecule has 1 atom stereocenters. The molecule has 0 spiro atoms. The topological polar surface area (TPSA) is 76.5 Å². The number of aromatic nitrogens is 2. The van der Waals surface area contributed by atoms with Crippen LogP contribution in [0, 0.1) is 5.41 Å². The van der Waals surface area contributed by atoms with Crippen LogP contribution in [-0.4, -0.2) is 45.7 Å². The van der Waals surface area contributed by atoms with Crippen molar-refractivity contribution in [2.45, 2.75) is 52.7 Å². The third-order valence-corrected chi connectivity index (χ3v) is 5.12. The van der Waals surface area contributed by atoms with Crippen LogP contribution < -0.4 is 10.1 Å². The van der Waals surface area contributed by atoms with E-state index in [0.717, 1.165) is 12.8 Å². The first-order chi connectivity index (χ1) is 13.8. The Hall–Kier alpha value is -2.83. The van der Waals surface area contributed by atoms with Gasteiger partial charge >= 0.3 is 0 Å². The number of hydrogen-bond donors (Lipinski definition) is 1. The zero-order valence-corrected chi connectivity index (χ0v) is 17.6. The fourth-order valence-corrected chi connectivity index (χ4v) is 3.35. The molecular formula is C22H30N4O3. The van der Waals surface area contributed by atoms with Gasteiger partial charge in [0.1, 0.15) is 11.6 Å². The lowest BCUT2D eigenvalue weighted by atomic mass is 9.96. The minimum Gasteiger partial charge on any atom is -0.481 e. The van der Waals surface area contributed by atoms with E-state index < -0.39 is 11.5 Å². The number of nitrogens with one attached hydrogen (secondary N) is 1. The average molecular weight is 399 g/mol. The van der Waals surface area contributed by atoms with Crippen molar-refractivity contribution in [1.29, 1.82) is 0 Å². The molecule has 0 saturated carbocycles. The summed E-state index contributed by atoms with van der Waals surface area (Å²) >= 11 is 0. The fourth-order valence-electron chi connectivity index (χ4n) is 3.35. The Kier molecular flexibility index (Phi) is 6.25. The van der Waals surface area contributed by atoms with E-state index >= 15 is 0 Å². The molecule has 1 aliphatic heterocycles. The number of nitrogens with zero attached hydrogens (tertiary/aromatic N) is 3. The molecule has 156 valence electrons. The molecule has 29 heavy (non-hydrogen) atoms. The van der Waals surface area contributed by atoms with Gasteiger partial charge in [0.05, 0.1) is 12.2 Å². The molecule has 1 saturated heterocycles. The highest BCUT2D eigenvalue weighted by Crippen LogP contribution is 2.27. The molecule has 1 fully saturated rings. The van der Waals surface area contributed by atoms with Gasteiger partial charge in [-0.05, 0) is 31.9 Å². The van der Waals surface area contributed by atoms with Gasteiger partial charge in [-0.3, -0.25) is 9.59 Å². The number of carbonyl (C=O) groups excluding carboxylic acids is 2. The number of carbonyl (C=O) groups is 2. The lowest BCUT2D eigenvalue weighted by Crippen LogP contribution is -2.45. The highest BCUT2D eigenvalue weighted by atomic mass is 16.5. The van der Waals surface area contributed by atoms with Crippen LogP contribution in [0.2, 0.25) is 0 Å². The monoisotopic (exact) mass is 398 g/mol. The van der Waals surface area contributed by atoms with Crippen molar-refractivity contribution in [3.63, 3.8) is 0 Å². The maximum absolute atomic E-state index is 12.7. The Morgan fingerprint density at radius 2 is 1.79 bits per heavy atom. The molecule has 0 radical (unpaired) electrons. The minimum absolute atomic E-state index is 0.00553. The van der Waals surface area contributed by atoms with Crippen molar-refractivity contribution in [3.8, 4) is 5.75 Å². The van der Waals surface area contributed by atoms with Crippen molar-refractivity contribution in [2.75, 3.05) is 18.4 Å². The molecule has 7 heteroatoms. The molecule has 0 unspecified atom stereocenters. The summed E-state index contributed by atoms with van der Waals surface area (Å²) in [6, 6.07) is 11.3. The number of para-hydroxylation sites is 1. The van der Waals surface area contributed by atoms with Gasteiger partial charge in [0.25, 0.3) is 5.91 Å². The van der Waals surface area contributed by atoms with Crippen LogP contribution in [0.4, 0.5) is 5.82 Å². The van der Waals surface area contributed by atoms with E-state index in [1.807, 2.05) is 66.8 Å². The number of hydrogen-bond acceptors (Lipinski definition) is 4. The Labute approximate surface area is 172 Å². The fraction of sp³-hybridized carbons (Fsp3) is 0.500. The number of rotatable bonds is 5. The first-order valence-electron chi connectivity index (χ1n) is 10.1. The van der Waals surface area contributed by atoms with Gasteiger partial charge in [0.15, 0.2) is 6.10 Å². The Morgan fingerprint density at radius 3 is 2.41 bits per heavy atom. The van der Waals surface area contributed by atoms with E-state index in [1.165, 1.54) is 0 Å². The number of piperidine rings is 1. The van der Waals surface area contributed by atoms with E-state index in [2.05, 4.69) is 10.4 Å². The highest BCUT2D eigenvalue weighted by molar-refractivity contribution is 5.93. The van der Waals surface area contributed by atoms with Crippen LogP contribution in [0.25, 0.3) is 0 Å². The normalized spacial score (nSPS) is 16.3. The van der Waals surface area contributed by atoms with E-state index in [1.54, 1.807) is 13.1 Å². The van der Waals surface area contributed by atoms with Crippen LogP contribution in [0.5, 0.6) is 5.75 Å². The van der Waals surface area contributed by atoms with Crippen molar-refractivity contribution in [2.24, 2.45) is 5.41 Å². The number of amides is 2. The molecule has 2 aromatic rings. The van der Waals surface area contributed by atoms with Crippen LogP contribution >= 0.6 is 0 Å². The van der Waals surface area contributed by atoms with Gasteiger partial charge in [-0.2, -0.15) is 5.10 Å². The van der Waals surface area contributed by atoms with E-state index in [0.29, 0.717) is 24.7 Å². The smallest absolute Gasteiger partial charge is 0.263 e. The van der Waals surface area contributed by atoms with Crippen molar-refractivity contribution < 1.29 is 14.3 Å². The zero-order valence-electron chi connectivity index (χ0n) is 17.6. The predicted molar refractivity (Wildman–Crippen MR) is 112 cm³/mol. The summed E-state index contributed by atoms with van der Waals surface area (Å²) in [4.78, 5) is 26.9. The molecule has 1 N–H and O–H groups in total. The first-order valence-corrected chi connectivity index (χ1v) is 10.1. The molecule has 2 heterocycles. The molecule has 0 aliphatic carbocycles. The Bertz CT molecular complexity index is 833. The molecule has 0 bridgehead atoms. The third kappa shape index (κ3) is 5.16. The van der Waals surface area contributed by atoms with Crippen LogP contribution in [0.3, 0.4) is 0 Å². The van der Waals surface area contributed by atoms with Gasteiger partial charge in [0, 0.05) is 24.6 Å². The molecule has 2 amide bonds. The largest absolute Gasteiger partial charge is 0.481 e. The van der Waals surface area contributed by atoms with Gasteiger partial charge in [-0.1, -0.05) is 39.0 Å².